The van der Waals surface area contributed by atoms with Crippen LogP contribution in [0.15, 0.2) is 0 Å². The first-order valence-electron chi connectivity index (χ1n) is 33.8. The van der Waals surface area contributed by atoms with Gasteiger partial charge in [0, 0.05) is 0 Å². The van der Waals surface area contributed by atoms with E-state index in [1.807, 2.05) is 0 Å². The Morgan fingerprint density at radius 3 is 0.437 bits per heavy atom. The number of esters is 2. The molecule has 0 atom stereocenters. The van der Waals surface area contributed by atoms with Gasteiger partial charge in [0.25, 0.3) is 0 Å². The van der Waals surface area contributed by atoms with Gasteiger partial charge in [-0.05, 0) is 25.7 Å². The maximum atomic E-state index is 14.5. The second-order valence-corrected chi connectivity index (χ2v) is 24.2. The number of unbranched alkanes of at least 4 members (excludes halogenated alkanes) is 52. The number of rotatable bonds is 60. The van der Waals surface area contributed by atoms with Crippen LogP contribution in [0.2, 0.25) is 0 Å². The Kier molecular flexibility index (Phi) is 50.5. The molecule has 0 radical (unpaired) electrons. The van der Waals surface area contributed by atoms with Crippen LogP contribution >= 0.6 is 0 Å². The molecule has 1 aliphatic rings. The summed E-state index contributed by atoms with van der Waals surface area (Å²) >= 11 is 0. The van der Waals surface area contributed by atoms with Gasteiger partial charge in [-0.15, -0.1) is 0 Å². The molecule has 0 N–H and O–H groups in total. The van der Waals surface area contributed by atoms with Crippen molar-refractivity contribution < 1.29 is 14.3 Å². The van der Waals surface area contributed by atoms with E-state index in [-0.39, 0.29) is 11.9 Å². The maximum Gasteiger partial charge on any atom is 0.320 e. The Morgan fingerprint density at radius 2 is 0.310 bits per heavy atom. The predicted octanol–water partition coefficient (Wildman–Crippen LogP) is 24.5. The van der Waals surface area contributed by atoms with E-state index in [9.17, 15) is 9.59 Å². The van der Waals surface area contributed by atoms with Crippen LogP contribution < -0.4 is 0 Å². The quantitative estimate of drug-likeness (QED) is 0.0346. The lowest BCUT2D eigenvalue weighted by Crippen LogP contribution is -2.45. The molecule has 3 nitrogen and oxygen atoms in total. The van der Waals surface area contributed by atoms with Crippen molar-refractivity contribution >= 4 is 11.9 Å². The lowest BCUT2D eigenvalue weighted by atomic mass is 9.56. The van der Waals surface area contributed by atoms with E-state index in [0.29, 0.717) is 0 Å². The number of hydrogen-bond acceptors (Lipinski definition) is 3. The molecule has 0 aromatic heterocycles. The van der Waals surface area contributed by atoms with Crippen LogP contribution in [0.25, 0.3) is 0 Å². The summed E-state index contributed by atoms with van der Waals surface area (Å²) in [5.74, 6) is -0.245. The Balaban J connectivity index is 2.88. The van der Waals surface area contributed by atoms with Crippen molar-refractivity contribution in [2.75, 3.05) is 0 Å². The van der Waals surface area contributed by atoms with E-state index >= 15 is 0 Å². The highest BCUT2D eigenvalue weighted by molar-refractivity contribution is 6.01. The molecule has 3 heteroatoms. The molecule has 71 heavy (non-hydrogen) atoms. The molecular weight excluding hydrogens is 865 g/mol. The van der Waals surface area contributed by atoms with Gasteiger partial charge in [0.2, 0.25) is 0 Å². The molecule has 1 fully saturated rings. The number of cyclic esters (lactones) is 2. The fourth-order valence-corrected chi connectivity index (χ4v) is 12.8. The van der Waals surface area contributed by atoms with E-state index < -0.39 is 10.8 Å². The van der Waals surface area contributed by atoms with Crippen LogP contribution in [0.4, 0.5) is 0 Å². The van der Waals surface area contributed by atoms with Gasteiger partial charge in [-0.3, -0.25) is 9.59 Å². The lowest BCUT2D eigenvalue weighted by Gasteiger charge is -2.41. The summed E-state index contributed by atoms with van der Waals surface area (Å²) < 4.78 is 5.99. The first kappa shape index (κ1) is 68.2. The summed E-state index contributed by atoms with van der Waals surface area (Å²) in [6.45, 7) is 9.22. The summed E-state index contributed by atoms with van der Waals surface area (Å²) in [5.41, 5.74) is -1.24. The minimum Gasteiger partial charge on any atom is -0.392 e. The van der Waals surface area contributed by atoms with E-state index in [2.05, 4.69) is 27.7 Å². The molecule has 0 unspecified atom stereocenters. The second kappa shape index (κ2) is 52.6. The van der Waals surface area contributed by atoms with Gasteiger partial charge >= 0.3 is 11.9 Å². The number of hydrogen-bond donors (Lipinski definition) is 0. The van der Waals surface area contributed by atoms with Crippen molar-refractivity contribution in [3.05, 3.63) is 0 Å². The first-order valence-corrected chi connectivity index (χ1v) is 33.8. The van der Waals surface area contributed by atoms with Gasteiger partial charge in [-0.25, -0.2) is 0 Å². The predicted molar refractivity (Wildman–Crippen MR) is 316 cm³/mol. The smallest absolute Gasteiger partial charge is 0.320 e. The highest BCUT2D eigenvalue weighted by Crippen LogP contribution is 2.59. The van der Waals surface area contributed by atoms with Crippen molar-refractivity contribution in [1.29, 1.82) is 0 Å². The molecule has 0 aromatic rings. The van der Waals surface area contributed by atoms with Gasteiger partial charge < -0.3 is 4.74 Å². The van der Waals surface area contributed by atoms with Crippen molar-refractivity contribution in [3.8, 4) is 0 Å². The molecule has 422 valence electrons. The summed E-state index contributed by atoms with van der Waals surface area (Å²) in [5, 5.41) is 0. The average molecular weight is 998 g/mol. The van der Waals surface area contributed by atoms with Gasteiger partial charge in [-0.1, -0.05) is 387 Å². The topological polar surface area (TPSA) is 43.4 Å². The maximum absolute atomic E-state index is 14.5. The SMILES string of the molecule is CCCCCCCCCCCCCCCCC1(CCCCCCCCCCCCCCCC)C(=O)OC(=O)C1(CCCCCCCCCCCCCCCC)CCCCCCCCCCCCCCCC. The summed E-state index contributed by atoms with van der Waals surface area (Å²) in [7, 11) is 0. The zero-order chi connectivity index (χ0) is 51.3. The number of ether oxygens (including phenoxy) is 1. The largest absolute Gasteiger partial charge is 0.392 e. The van der Waals surface area contributed by atoms with E-state index in [1.54, 1.807) is 0 Å². The van der Waals surface area contributed by atoms with Crippen LogP contribution in [0.1, 0.15) is 413 Å². The zero-order valence-corrected chi connectivity index (χ0v) is 49.7. The minimum absolute atomic E-state index is 0.123. The van der Waals surface area contributed by atoms with Gasteiger partial charge in [0.05, 0.1) is 10.8 Å². The first-order chi connectivity index (χ1) is 35.0. The monoisotopic (exact) mass is 997 g/mol. The Bertz CT molecular complexity index is 948. The van der Waals surface area contributed by atoms with E-state index in [0.717, 1.165) is 51.4 Å². The summed E-state index contributed by atoms with van der Waals surface area (Å²) in [4.78, 5) is 29.0. The zero-order valence-electron chi connectivity index (χ0n) is 49.7. The van der Waals surface area contributed by atoms with Gasteiger partial charge in [0.1, 0.15) is 0 Å². The fraction of sp³-hybridized carbons (Fsp3) is 0.971. The molecule has 0 aromatic carbocycles. The van der Waals surface area contributed by atoms with Crippen LogP contribution in [0.3, 0.4) is 0 Å². The standard InChI is InChI=1S/C68H132O3/c1-5-9-13-17-21-25-29-33-37-41-45-49-53-57-61-67(62-58-54-50-46-42-38-34-30-26-22-18-14-10-6-2)65(69)71-66(70)68(67,63-59-55-51-47-43-39-35-31-27-23-19-15-11-7-3)64-60-56-52-48-44-40-36-32-28-24-20-16-12-8-4/h5-64H2,1-4H3. The fourth-order valence-electron chi connectivity index (χ4n) is 12.8. The van der Waals surface area contributed by atoms with Crippen LogP contribution in [-0.2, 0) is 14.3 Å². The highest BCUT2D eigenvalue weighted by atomic mass is 16.6. The van der Waals surface area contributed by atoms with Crippen molar-refractivity contribution in [2.24, 2.45) is 10.8 Å². The molecule has 0 spiro atoms. The molecule has 0 bridgehead atoms. The second-order valence-electron chi connectivity index (χ2n) is 24.2. The van der Waals surface area contributed by atoms with E-state index in [1.165, 1.54) is 334 Å². The van der Waals surface area contributed by atoms with Crippen LogP contribution in [-0.4, -0.2) is 11.9 Å². The molecule has 0 amide bonds. The molecule has 1 saturated heterocycles. The number of carbonyl (C=O) groups is 2. The van der Waals surface area contributed by atoms with Crippen molar-refractivity contribution in [1.82, 2.24) is 0 Å². The molecule has 1 heterocycles. The van der Waals surface area contributed by atoms with Crippen molar-refractivity contribution in [2.45, 2.75) is 413 Å². The highest BCUT2D eigenvalue weighted by Gasteiger charge is 2.66. The minimum atomic E-state index is -0.620. The Hall–Kier alpha value is -0.860. The number of carbonyl (C=O) groups excluding carboxylic acids is 2. The van der Waals surface area contributed by atoms with E-state index in [4.69, 9.17) is 4.74 Å². The third-order valence-corrected chi connectivity index (χ3v) is 17.7. The normalized spacial score (nSPS) is 14.3. The third-order valence-electron chi connectivity index (χ3n) is 17.7. The summed E-state index contributed by atoms with van der Waals surface area (Å²) in [6.07, 6.45) is 78.6. The molecule has 1 aliphatic heterocycles. The lowest BCUT2D eigenvalue weighted by molar-refractivity contribution is -0.156. The molecule has 0 aliphatic carbocycles. The average Bonchev–Trinajstić information content (AvgIpc) is 3.57. The molecule has 0 saturated carbocycles. The van der Waals surface area contributed by atoms with Gasteiger partial charge in [0.15, 0.2) is 0 Å². The summed E-state index contributed by atoms with van der Waals surface area (Å²) in [6, 6.07) is 0. The molecule has 1 rings (SSSR count). The van der Waals surface area contributed by atoms with Crippen molar-refractivity contribution in [3.63, 3.8) is 0 Å². The van der Waals surface area contributed by atoms with Crippen LogP contribution in [0.5, 0.6) is 0 Å². The Labute approximate surface area is 448 Å². The molecular formula is C68H132O3. The van der Waals surface area contributed by atoms with Gasteiger partial charge in [-0.2, -0.15) is 0 Å². The third kappa shape index (κ3) is 36.7. The Morgan fingerprint density at radius 1 is 0.197 bits per heavy atom. The van der Waals surface area contributed by atoms with Crippen LogP contribution in [0, 0.1) is 10.8 Å².